The van der Waals surface area contributed by atoms with Crippen LogP contribution in [0.3, 0.4) is 0 Å². The van der Waals surface area contributed by atoms with E-state index < -0.39 is 12.1 Å². The fourth-order valence-corrected chi connectivity index (χ4v) is 6.67. The average molecular weight is 631 g/mol. The first-order chi connectivity index (χ1) is 21.7. The minimum atomic E-state index is -0.714. The van der Waals surface area contributed by atoms with Gasteiger partial charge in [-0.25, -0.2) is 4.98 Å². The van der Waals surface area contributed by atoms with Gasteiger partial charge in [0.2, 0.25) is 23.0 Å². The van der Waals surface area contributed by atoms with Crippen LogP contribution in [0.25, 0.3) is 21.3 Å². The number of nitrogens with zero attached hydrogens (tertiary/aromatic N) is 1. The molecule has 0 saturated heterocycles. The highest BCUT2D eigenvalue weighted by atomic mass is 32.1. The standard InChI is InChI=1S/C34H38N4O6S/c1-7-18(2)30(33(41)38-34-37-25-10-8-9-11-28(25)45-34)36-24-15-13-21-22(17-26(24)40)23(35-19(3)39)14-12-20-16-27(42-4)31(43-5)32(44-6)29(20)21/h8-11,13,15-18,23,30H,7,12,14H2,1-6H3,(H,35,39)(H,36,40)(H,37,38,41)/t18-,23+,30+/m0/s1. The van der Waals surface area contributed by atoms with Crippen molar-refractivity contribution in [3.8, 4) is 28.4 Å². The molecule has 4 aromatic rings. The van der Waals surface area contributed by atoms with Gasteiger partial charge in [-0.05, 0) is 65.8 Å². The van der Waals surface area contributed by atoms with E-state index in [4.69, 9.17) is 14.2 Å². The number of hydrogen-bond donors (Lipinski definition) is 3. The minimum Gasteiger partial charge on any atom is -0.493 e. The number of thiazole rings is 1. The molecule has 45 heavy (non-hydrogen) atoms. The van der Waals surface area contributed by atoms with Crippen molar-refractivity contribution in [1.82, 2.24) is 10.3 Å². The molecule has 11 heteroatoms. The van der Waals surface area contributed by atoms with Gasteiger partial charge < -0.3 is 30.2 Å². The van der Waals surface area contributed by atoms with Gasteiger partial charge in [-0.2, -0.15) is 0 Å². The number of benzene rings is 2. The van der Waals surface area contributed by atoms with Crippen LogP contribution in [0.4, 0.5) is 10.8 Å². The summed E-state index contributed by atoms with van der Waals surface area (Å²) in [6, 6.07) is 13.5. The second kappa shape index (κ2) is 13.6. The van der Waals surface area contributed by atoms with Gasteiger partial charge in [0.1, 0.15) is 6.04 Å². The molecule has 0 radical (unpaired) electrons. The molecule has 236 valence electrons. The minimum absolute atomic E-state index is 0.105. The summed E-state index contributed by atoms with van der Waals surface area (Å²) in [5, 5.41) is 9.72. The monoisotopic (exact) mass is 630 g/mol. The molecule has 3 aromatic carbocycles. The van der Waals surface area contributed by atoms with Crippen LogP contribution in [0.1, 0.15) is 50.8 Å². The van der Waals surface area contributed by atoms with Gasteiger partial charge in [0.05, 0.1) is 43.3 Å². The first-order valence-electron chi connectivity index (χ1n) is 14.9. The van der Waals surface area contributed by atoms with Crippen LogP contribution in [0.5, 0.6) is 17.2 Å². The van der Waals surface area contributed by atoms with Gasteiger partial charge in [0.15, 0.2) is 16.6 Å². The molecule has 1 aliphatic rings. The molecule has 0 unspecified atom stereocenters. The Morgan fingerprint density at radius 1 is 1.04 bits per heavy atom. The Hall–Kier alpha value is -4.64. The summed E-state index contributed by atoms with van der Waals surface area (Å²) >= 11 is 1.40. The number of fused-ring (bicyclic) bond motifs is 4. The number of carbonyl (C=O) groups excluding carboxylic acids is 2. The van der Waals surface area contributed by atoms with E-state index in [1.54, 1.807) is 33.5 Å². The lowest BCUT2D eigenvalue weighted by molar-refractivity contribution is -0.120. The van der Waals surface area contributed by atoms with Crippen molar-refractivity contribution in [2.75, 3.05) is 32.0 Å². The number of aromatic nitrogens is 1. The molecule has 0 spiro atoms. The van der Waals surface area contributed by atoms with E-state index >= 15 is 0 Å². The molecule has 0 fully saturated rings. The molecule has 0 saturated carbocycles. The van der Waals surface area contributed by atoms with Gasteiger partial charge >= 0.3 is 0 Å². The molecule has 1 aromatic heterocycles. The number of aryl methyl sites for hydroxylation is 1. The predicted octanol–water partition coefficient (Wildman–Crippen LogP) is 5.94. The Balaban J connectivity index is 1.60. The highest BCUT2D eigenvalue weighted by Crippen LogP contribution is 2.50. The summed E-state index contributed by atoms with van der Waals surface area (Å²) in [5.74, 6) is 0.827. The van der Waals surface area contributed by atoms with E-state index in [9.17, 15) is 14.4 Å². The normalized spacial score (nSPS) is 15.1. The topological polar surface area (TPSA) is 128 Å². The summed E-state index contributed by atoms with van der Waals surface area (Å²) < 4.78 is 18.1. The molecular weight excluding hydrogens is 592 g/mol. The van der Waals surface area contributed by atoms with Crippen molar-refractivity contribution >= 4 is 44.2 Å². The Bertz CT molecular complexity index is 1770. The van der Waals surface area contributed by atoms with Crippen LogP contribution in [0, 0.1) is 5.92 Å². The molecule has 1 aliphatic carbocycles. The van der Waals surface area contributed by atoms with Gasteiger partial charge in [-0.15, -0.1) is 0 Å². The fraction of sp³-hybridized carbons (Fsp3) is 0.353. The van der Waals surface area contributed by atoms with Gasteiger partial charge in [0.25, 0.3) is 0 Å². The van der Waals surface area contributed by atoms with Crippen LogP contribution < -0.4 is 35.6 Å². The molecule has 2 amide bonds. The largest absolute Gasteiger partial charge is 0.493 e. The third-order valence-corrected chi connectivity index (χ3v) is 9.20. The maximum absolute atomic E-state index is 13.9. The molecule has 5 rings (SSSR count). The van der Waals surface area contributed by atoms with Crippen LogP contribution >= 0.6 is 11.3 Å². The Morgan fingerprint density at radius 3 is 2.47 bits per heavy atom. The molecule has 1 heterocycles. The molecule has 0 aliphatic heterocycles. The van der Waals surface area contributed by atoms with Gasteiger partial charge in [-0.3, -0.25) is 14.4 Å². The highest BCUT2D eigenvalue weighted by molar-refractivity contribution is 7.22. The number of rotatable bonds is 10. The zero-order valence-electron chi connectivity index (χ0n) is 26.3. The molecule has 3 atom stereocenters. The number of para-hydroxylation sites is 1. The molecule has 0 bridgehead atoms. The second-order valence-electron chi connectivity index (χ2n) is 11.1. The summed E-state index contributed by atoms with van der Waals surface area (Å²) in [4.78, 5) is 44.3. The zero-order chi connectivity index (χ0) is 32.2. The summed E-state index contributed by atoms with van der Waals surface area (Å²) in [7, 11) is 4.67. The summed E-state index contributed by atoms with van der Waals surface area (Å²) in [5.41, 5.74) is 3.80. The van der Waals surface area contributed by atoms with Gasteiger partial charge in [-0.1, -0.05) is 49.8 Å². The van der Waals surface area contributed by atoms with Crippen LogP contribution in [-0.4, -0.2) is 44.2 Å². The zero-order valence-corrected chi connectivity index (χ0v) is 27.1. The van der Waals surface area contributed by atoms with Crippen molar-refractivity contribution in [1.29, 1.82) is 0 Å². The lowest BCUT2D eigenvalue weighted by Crippen LogP contribution is -2.40. The number of methoxy groups -OCH3 is 3. The molecule has 10 nitrogen and oxygen atoms in total. The van der Waals surface area contributed by atoms with Crippen LogP contribution in [0.2, 0.25) is 0 Å². The Morgan fingerprint density at radius 2 is 1.80 bits per heavy atom. The predicted molar refractivity (Wildman–Crippen MR) is 178 cm³/mol. The number of amides is 2. The van der Waals surface area contributed by atoms with E-state index in [1.165, 1.54) is 18.3 Å². The quantitative estimate of drug-likeness (QED) is 0.197. The lowest BCUT2D eigenvalue weighted by atomic mass is 9.95. The van der Waals surface area contributed by atoms with Crippen molar-refractivity contribution in [2.45, 2.75) is 52.1 Å². The summed E-state index contributed by atoms with van der Waals surface area (Å²) in [6.45, 7) is 5.42. The van der Waals surface area contributed by atoms with E-state index in [2.05, 4.69) is 20.9 Å². The first-order valence-corrected chi connectivity index (χ1v) is 15.7. The maximum Gasteiger partial charge on any atom is 0.248 e. The number of hydrogen-bond acceptors (Lipinski definition) is 9. The first kappa shape index (κ1) is 31.8. The molecule has 3 N–H and O–H groups in total. The molecular formula is C34H38N4O6S. The number of nitrogens with one attached hydrogen (secondary N) is 3. The van der Waals surface area contributed by atoms with Gasteiger partial charge in [0, 0.05) is 12.5 Å². The average Bonchev–Trinajstić information content (AvgIpc) is 3.30. The lowest BCUT2D eigenvalue weighted by Gasteiger charge is -2.23. The fourth-order valence-electron chi connectivity index (χ4n) is 5.81. The van der Waals surface area contributed by atoms with Crippen LogP contribution in [-0.2, 0) is 16.0 Å². The van der Waals surface area contributed by atoms with Crippen molar-refractivity contribution in [3.63, 3.8) is 0 Å². The van der Waals surface area contributed by atoms with E-state index in [1.807, 2.05) is 50.2 Å². The number of ether oxygens (including phenoxy) is 3. The third kappa shape index (κ3) is 6.44. The SMILES string of the molecule is CC[C@H](C)[C@@H](Nc1ccc2c(cc1=O)[C@H](NC(C)=O)CCc1cc(OC)c(OC)c(OC)c1-2)C(=O)Nc1nc2ccccc2s1. The van der Waals surface area contributed by atoms with E-state index in [-0.39, 0.29) is 28.8 Å². The Labute approximate surface area is 266 Å². The number of carbonyl (C=O) groups is 2. The highest BCUT2D eigenvalue weighted by Gasteiger charge is 2.30. The Kier molecular flexibility index (Phi) is 9.57. The summed E-state index contributed by atoms with van der Waals surface area (Å²) in [6.07, 6.45) is 1.84. The van der Waals surface area contributed by atoms with E-state index in [0.29, 0.717) is 52.8 Å². The second-order valence-corrected chi connectivity index (χ2v) is 12.1. The van der Waals surface area contributed by atoms with Crippen molar-refractivity contribution in [2.24, 2.45) is 5.92 Å². The van der Waals surface area contributed by atoms with E-state index in [0.717, 1.165) is 21.3 Å². The van der Waals surface area contributed by atoms with Crippen molar-refractivity contribution in [3.05, 3.63) is 69.9 Å². The van der Waals surface area contributed by atoms with Crippen LogP contribution in [0.15, 0.2) is 53.3 Å². The third-order valence-electron chi connectivity index (χ3n) is 8.25. The smallest absolute Gasteiger partial charge is 0.248 e. The van der Waals surface area contributed by atoms with Crippen molar-refractivity contribution < 1.29 is 23.8 Å². The number of anilines is 2. The maximum atomic E-state index is 13.9.